The normalized spacial score (nSPS) is 19.1. The molecule has 3 nitrogen and oxygen atoms in total. The molecule has 3 heteroatoms. The fourth-order valence-corrected chi connectivity index (χ4v) is 2.91. The van der Waals surface area contributed by atoms with Crippen LogP contribution in [0.15, 0.2) is 12.3 Å². The Labute approximate surface area is 117 Å². The summed E-state index contributed by atoms with van der Waals surface area (Å²) in [5.74, 6) is 0. The molecule has 1 unspecified atom stereocenters. The molecular formula is C16H29N3. The predicted molar refractivity (Wildman–Crippen MR) is 80.4 cm³/mol. The molecule has 0 aliphatic heterocycles. The van der Waals surface area contributed by atoms with Crippen molar-refractivity contribution in [2.24, 2.45) is 5.41 Å². The third kappa shape index (κ3) is 3.59. The van der Waals surface area contributed by atoms with E-state index in [9.17, 15) is 0 Å². The summed E-state index contributed by atoms with van der Waals surface area (Å²) in [6.07, 6.45) is 9.77. The molecule has 1 aromatic rings. The Morgan fingerprint density at radius 2 is 2.21 bits per heavy atom. The topological polar surface area (TPSA) is 29.9 Å². The number of hydrogen-bond donors (Lipinski definition) is 1. The Morgan fingerprint density at radius 1 is 1.42 bits per heavy atom. The highest BCUT2D eigenvalue weighted by atomic mass is 15.3. The van der Waals surface area contributed by atoms with Gasteiger partial charge in [-0.1, -0.05) is 20.3 Å². The molecule has 1 aromatic heterocycles. The number of nitrogens with one attached hydrogen (secondary N) is 1. The highest BCUT2D eigenvalue weighted by Crippen LogP contribution is 2.42. The minimum atomic E-state index is 0.490. The molecule has 1 N–H and O–H groups in total. The second-order valence-corrected chi connectivity index (χ2v) is 6.25. The van der Waals surface area contributed by atoms with Crippen molar-refractivity contribution in [2.45, 2.75) is 65.3 Å². The highest BCUT2D eigenvalue weighted by molar-refractivity contribution is 5.06. The van der Waals surface area contributed by atoms with Crippen LogP contribution in [-0.4, -0.2) is 22.9 Å². The molecule has 0 spiro atoms. The molecule has 19 heavy (non-hydrogen) atoms. The van der Waals surface area contributed by atoms with E-state index in [1.165, 1.54) is 31.4 Å². The number of hydrogen-bond acceptors (Lipinski definition) is 2. The van der Waals surface area contributed by atoms with E-state index in [-0.39, 0.29) is 0 Å². The van der Waals surface area contributed by atoms with E-state index in [2.05, 4.69) is 43.0 Å². The van der Waals surface area contributed by atoms with Crippen molar-refractivity contribution in [3.63, 3.8) is 0 Å². The average molecular weight is 263 g/mol. The van der Waals surface area contributed by atoms with Gasteiger partial charge in [-0.15, -0.1) is 0 Å². The molecular weight excluding hydrogens is 234 g/mol. The van der Waals surface area contributed by atoms with E-state index < -0.39 is 0 Å². The van der Waals surface area contributed by atoms with Gasteiger partial charge in [-0.3, -0.25) is 4.68 Å². The van der Waals surface area contributed by atoms with E-state index in [0.29, 0.717) is 11.5 Å². The maximum Gasteiger partial charge on any atom is 0.0630 e. The zero-order chi connectivity index (χ0) is 13.7. The third-order valence-corrected chi connectivity index (χ3v) is 4.60. The Bertz CT molecular complexity index is 379. The van der Waals surface area contributed by atoms with Crippen LogP contribution in [0.4, 0.5) is 0 Å². The number of aromatic nitrogens is 2. The molecule has 1 saturated carbocycles. The molecule has 0 bridgehead atoms. The van der Waals surface area contributed by atoms with Crippen LogP contribution >= 0.6 is 0 Å². The fourth-order valence-electron chi connectivity index (χ4n) is 2.91. The van der Waals surface area contributed by atoms with Crippen molar-refractivity contribution in [2.75, 3.05) is 13.1 Å². The Morgan fingerprint density at radius 3 is 2.79 bits per heavy atom. The van der Waals surface area contributed by atoms with Crippen LogP contribution in [0.3, 0.4) is 0 Å². The smallest absolute Gasteiger partial charge is 0.0630 e. The van der Waals surface area contributed by atoms with Crippen LogP contribution in [0.25, 0.3) is 0 Å². The maximum absolute atomic E-state index is 4.76. The van der Waals surface area contributed by atoms with Crippen molar-refractivity contribution >= 4 is 0 Å². The molecule has 1 aliphatic rings. The van der Waals surface area contributed by atoms with Crippen molar-refractivity contribution in [3.05, 3.63) is 18.0 Å². The van der Waals surface area contributed by atoms with Crippen LogP contribution in [-0.2, 0) is 6.42 Å². The zero-order valence-electron chi connectivity index (χ0n) is 12.8. The van der Waals surface area contributed by atoms with Crippen LogP contribution < -0.4 is 5.32 Å². The number of nitrogens with zero attached hydrogens (tertiary/aromatic N) is 2. The van der Waals surface area contributed by atoms with Gasteiger partial charge < -0.3 is 5.32 Å². The van der Waals surface area contributed by atoms with Crippen LogP contribution in [0, 0.1) is 5.41 Å². The van der Waals surface area contributed by atoms with Gasteiger partial charge in [0.1, 0.15) is 0 Å². The van der Waals surface area contributed by atoms with Crippen molar-refractivity contribution in [3.8, 4) is 0 Å². The first kappa shape index (κ1) is 14.6. The molecule has 0 amide bonds. The van der Waals surface area contributed by atoms with Crippen molar-refractivity contribution in [1.82, 2.24) is 15.1 Å². The summed E-state index contributed by atoms with van der Waals surface area (Å²) in [5.41, 5.74) is 1.77. The van der Waals surface area contributed by atoms with E-state index in [4.69, 9.17) is 5.10 Å². The highest BCUT2D eigenvalue weighted by Gasteiger charge is 2.37. The van der Waals surface area contributed by atoms with Crippen LogP contribution in [0.2, 0.25) is 0 Å². The first-order valence-electron chi connectivity index (χ1n) is 7.94. The molecule has 0 radical (unpaired) electrons. The van der Waals surface area contributed by atoms with E-state index in [0.717, 1.165) is 25.9 Å². The lowest BCUT2D eigenvalue weighted by atomic mass is 9.66. The van der Waals surface area contributed by atoms with Gasteiger partial charge in [0.05, 0.1) is 5.69 Å². The monoisotopic (exact) mass is 263 g/mol. The summed E-state index contributed by atoms with van der Waals surface area (Å²) in [6.45, 7) is 8.99. The second kappa shape index (κ2) is 6.56. The van der Waals surface area contributed by atoms with Gasteiger partial charge in [-0.25, -0.2) is 0 Å². The fraction of sp³-hybridized carbons (Fsp3) is 0.812. The van der Waals surface area contributed by atoms with Gasteiger partial charge in [0.25, 0.3) is 0 Å². The molecule has 1 aliphatic carbocycles. The molecule has 0 aromatic carbocycles. The maximum atomic E-state index is 4.76. The Hall–Kier alpha value is -0.830. The molecule has 108 valence electrons. The van der Waals surface area contributed by atoms with Gasteiger partial charge in [0.2, 0.25) is 0 Å². The summed E-state index contributed by atoms with van der Waals surface area (Å²) in [4.78, 5) is 0. The van der Waals surface area contributed by atoms with Gasteiger partial charge in [0.15, 0.2) is 0 Å². The van der Waals surface area contributed by atoms with Gasteiger partial charge in [-0.2, -0.15) is 5.10 Å². The predicted octanol–water partition coefficient (Wildman–Crippen LogP) is 3.57. The number of rotatable bonds is 8. The summed E-state index contributed by atoms with van der Waals surface area (Å²) in [5, 5.41) is 8.37. The van der Waals surface area contributed by atoms with E-state index in [1.54, 1.807) is 0 Å². The second-order valence-electron chi connectivity index (χ2n) is 6.25. The first-order valence-corrected chi connectivity index (χ1v) is 7.94. The third-order valence-electron chi connectivity index (χ3n) is 4.60. The summed E-state index contributed by atoms with van der Waals surface area (Å²) in [6, 6.07) is 2.73. The molecule has 0 saturated heterocycles. The summed E-state index contributed by atoms with van der Waals surface area (Å²) in [7, 11) is 0. The molecule has 1 atom stereocenters. The molecule has 1 heterocycles. The summed E-state index contributed by atoms with van der Waals surface area (Å²) >= 11 is 0. The first-order chi connectivity index (χ1) is 9.19. The van der Waals surface area contributed by atoms with Crippen LogP contribution in [0.1, 0.15) is 64.6 Å². The van der Waals surface area contributed by atoms with Gasteiger partial charge in [0, 0.05) is 18.8 Å². The average Bonchev–Trinajstić information content (AvgIpc) is 2.83. The van der Waals surface area contributed by atoms with Crippen molar-refractivity contribution in [1.29, 1.82) is 0 Å². The largest absolute Gasteiger partial charge is 0.316 e. The standard InChI is InChI=1S/C16H29N3/c1-4-10-17-13-16(8-6-9-16)12-15-7-11-19(18-15)14(3)5-2/h7,11,14,17H,4-6,8-10,12-13H2,1-3H3. The Kier molecular flexibility index (Phi) is 5.03. The lowest BCUT2D eigenvalue weighted by molar-refractivity contribution is 0.128. The minimum Gasteiger partial charge on any atom is -0.316 e. The molecule has 1 fully saturated rings. The van der Waals surface area contributed by atoms with Crippen LogP contribution in [0.5, 0.6) is 0 Å². The Balaban J connectivity index is 1.92. The minimum absolute atomic E-state index is 0.490. The lowest BCUT2D eigenvalue weighted by Crippen LogP contribution is -2.42. The lowest BCUT2D eigenvalue weighted by Gasteiger charge is -2.42. The van der Waals surface area contributed by atoms with Gasteiger partial charge in [-0.05, 0) is 57.1 Å². The zero-order valence-corrected chi connectivity index (χ0v) is 12.8. The SMILES string of the molecule is CCCNCC1(Cc2ccn(C(C)CC)n2)CCC1. The summed E-state index contributed by atoms with van der Waals surface area (Å²) < 4.78 is 2.13. The molecule has 2 rings (SSSR count). The van der Waals surface area contributed by atoms with Crippen molar-refractivity contribution < 1.29 is 0 Å². The van der Waals surface area contributed by atoms with Gasteiger partial charge >= 0.3 is 0 Å². The van der Waals surface area contributed by atoms with E-state index in [1.807, 2.05) is 0 Å². The van der Waals surface area contributed by atoms with E-state index >= 15 is 0 Å². The quantitative estimate of drug-likeness (QED) is 0.727.